The SMILES string of the molecule is C=C(C)C(=O)O.C=C(C)C(=O)O.C=C(CCC)C(=O)O. The van der Waals surface area contributed by atoms with Crippen LogP contribution < -0.4 is 0 Å². The van der Waals surface area contributed by atoms with Crippen LogP contribution in [0.2, 0.25) is 0 Å². The van der Waals surface area contributed by atoms with Crippen molar-refractivity contribution in [2.24, 2.45) is 0 Å². The van der Waals surface area contributed by atoms with Gasteiger partial charge in [0, 0.05) is 16.7 Å². The molecule has 0 aliphatic carbocycles. The molecule has 0 radical (unpaired) electrons. The molecule has 6 heteroatoms. The summed E-state index contributed by atoms with van der Waals surface area (Å²) in [6.45, 7) is 14.5. The second-order valence-corrected chi connectivity index (χ2v) is 3.83. The molecule has 0 aliphatic rings. The highest BCUT2D eigenvalue weighted by Crippen LogP contribution is 1.99. The zero-order chi connectivity index (χ0) is 16.9. The predicted molar refractivity (Wildman–Crippen MR) is 76.6 cm³/mol. The van der Waals surface area contributed by atoms with Crippen molar-refractivity contribution in [3.8, 4) is 0 Å². The third-order valence-electron chi connectivity index (χ3n) is 1.58. The van der Waals surface area contributed by atoms with Crippen molar-refractivity contribution in [2.75, 3.05) is 0 Å². The maximum atomic E-state index is 9.99. The van der Waals surface area contributed by atoms with Gasteiger partial charge in [0.2, 0.25) is 0 Å². The monoisotopic (exact) mass is 286 g/mol. The number of carboxylic acid groups (broad SMARTS) is 3. The molecule has 0 saturated heterocycles. The van der Waals surface area contributed by atoms with Crippen molar-refractivity contribution >= 4 is 17.9 Å². The Labute approximate surface area is 118 Å². The van der Waals surface area contributed by atoms with Gasteiger partial charge in [-0.25, -0.2) is 14.4 Å². The molecule has 114 valence electrons. The second-order valence-electron chi connectivity index (χ2n) is 3.83. The van der Waals surface area contributed by atoms with E-state index in [1.807, 2.05) is 6.92 Å². The molecule has 0 amide bonds. The molecule has 0 aromatic carbocycles. The molecule has 0 atom stereocenters. The van der Waals surface area contributed by atoms with E-state index < -0.39 is 17.9 Å². The van der Waals surface area contributed by atoms with E-state index in [2.05, 4.69) is 19.7 Å². The highest BCUT2D eigenvalue weighted by molar-refractivity contribution is 5.85. The van der Waals surface area contributed by atoms with Crippen LogP contribution in [-0.2, 0) is 14.4 Å². The Kier molecular flexibility index (Phi) is 14.9. The predicted octanol–water partition coefficient (Wildman–Crippen LogP) is 2.72. The Morgan fingerprint density at radius 1 is 0.800 bits per heavy atom. The minimum atomic E-state index is -0.935. The quantitative estimate of drug-likeness (QED) is 0.670. The highest BCUT2D eigenvalue weighted by atomic mass is 16.4. The van der Waals surface area contributed by atoms with Gasteiger partial charge in [0.15, 0.2) is 0 Å². The largest absolute Gasteiger partial charge is 0.478 e. The average Bonchev–Trinajstić information content (AvgIpc) is 2.30. The fourth-order valence-electron chi connectivity index (χ4n) is 0.409. The minimum absolute atomic E-state index is 0.176. The molecular weight excluding hydrogens is 264 g/mol. The van der Waals surface area contributed by atoms with Crippen LogP contribution in [0.4, 0.5) is 0 Å². The fourth-order valence-corrected chi connectivity index (χ4v) is 0.409. The fraction of sp³-hybridized carbons (Fsp3) is 0.357. The topological polar surface area (TPSA) is 112 Å². The molecule has 0 rings (SSSR count). The molecule has 20 heavy (non-hydrogen) atoms. The van der Waals surface area contributed by atoms with Crippen LogP contribution in [0.25, 0.3) is 0 Å². The van der Waals surface area contributed by atoms with Crippen LogP contribution in [0.3, 0.4) is 0 Å². The van der Waals surface area contributed by atoms with Gasteiger partial charge in [0.25, 0.3) is 0 Å². The van der Waals surface area contributed by atoms with E-state index in [4.69, 9.17) is 15.3 Å². The standard InChI is InChI=1S/C6H10O2.2C4H6O2/c1-3-4-5(2)6(7)8;2*1-3(2)4(5)6/h2-4H2,1H3,(H,7,8);2*1H2,2H3,(H,5,6). The van der Waals surface area contributed by atoms with Gasteiger partial charge >= 0.3 is 17.9 Å². The molecule has 0 saturated carbocycles. The number of aliphatic carboxylic acids is 3. The van der Waals surface area contributed by atoms with Gasteiger partial charge in [-0.3, -0.25) is 0 Å². The first-order valence-corrected chi connectivity index (χ1v) is 5.65. The smallest absolute Gasteiger partial charge is 0.330 e. The van der Waals surface area contributed by atoms with E-state index in [1.165, 1.54) is 13.8 Å². The van der Waals surface area contributed by atoms with Crippen LogP contribution >= 0.6 is 0 Å². The lowest BCUT2D eigenvalue weighted by Crippen LogP contribution is -1.97. The summed E-state index contributed by atoms with van der Waals surface area (Å²) in [6, 6.07) is 0. The van der Waals surface area contributed by atoms with Crippen LogP contribution in [-0.4, -0.2) is 33.2 Å². The first-order chi connectivity index (χ1) is 8.97. The van der Waals surface area contributed by atoms with Gasteiger partial charge in [0.05, 0.1) is 0 Å². The molecular formula is C14H22O6. The van der Waals surface area contributed by atoms with Crippen molar-refractivity contribution in [1.29, 1.82) is 0 Å². The van der Waals surface area contributed by atoms with Gasteiger partial charge < -0.3 is 15.3 Å². The number of carboxylic acids is 3. The molecule has 0 bridgehead atoms. The lowest BCUT2D eigenvalue weighted by molar-refractivity contribution is -0.133. The minimum Gasteiger partial charge on any atom is -0.478 e. The molecule has 0 heterocycles. The average molecular weight is 286 g/mol. The highest BCUT2D eigenvalue weighted by Gasteiger charge is 1.99. The summed E-state index contributed by atoms with van der Waals surface area (Å²) in [5.41, 5.74) is 0.650. The summed E-state index contributed by atoms with van der Waals surface area (Å²) in [4.78, 5) is 29.2. The molecule has 0 aromatic heterocycles. The van der Waals surface area contributed by atoms with E-state index >= 15 is 0 Å². The lowest BCUT2D eigenvalue weighted by atomic mass is 10.2. The Balaban J connectivity index is -0.000000221. The molecule has 0 spiro atoms. The third kappa shape index (κ3) is 21.0. The Hall–Kier alpha value is -2.37. The molecule has 0 aromatic rings. The number of carbonyl (C=O) groups is 3. The van der Waals surface area contributed by atoms with Gasteiger partial charge in [-0.05, 0) is 20.3 Å². The van der Waals surface area contributed by atoms with Gasteiger partial charge in [0.1, 0.15) is 0 Å². The van der Waals surface area contributed by atoms with E-state index in [9.17, 15) is 14.4 Å². The summed E-state index contributed by atoms with van der Waals surface area (Å²) in [5, 5.41) is 24.0. The summed E-state index contributed by atoms with van der Waals surface area (Å²) in [5.74, 6) is -2.75. The van der Waals surface area contributed by atoms with Gasteiger partial charge in [-0.15, -0.1) is 0 Å². The maximum absolute atomic E-state index is 9.99. The van der Waals surface area contributed by atoms with Crippen LogP contribution in [0.1, 0.15) is 33.6 Å². The lowest BCUT2D eigenvalue weighted by Gasteiger charge is -1.92. The van der Waals surface area contributed by atoms with Crippen molar-refractivity contribution in [2.45, 2.75) is 33.6 Å². The Morgan fingerprint density at radius 2 is 1.05 bits per heavy atom. The van der Waals surface area contributed by atoms with Crippen LogP contribution in [0.5, 0.6) is 0 Å². The summed E-state index contributed by atoms with van der Waals surface area (Å²) in [6.07, 6.45) is 1.44. The zero-order valence-electron chi connectivity index (χ0n) is 12.1. The summed E-state index contributed by atoms with van der Waals surface area (Å²) in [7, 11) is 0. The molecule has 6 nitrogen and oxygen atoms in total. The maximum Gasteiger partial charge on any atom is 0.330 e. The van der Waals surface area contributed by atoms with E-state index in [-0.39, 0.29) is 11.1 Å². The van der Waals surface area contributed by atoms with Crippen molar-refractivity contribution < 1.29 is 29.7 Å². The van der Waals surface area contributed by atoms with E-state index in [1.54, 1.807) is 0 Å². The van der Waals surface area contributed by atoms with Crippen molar-refractivity contribution in [3.05, 3.63) is 36.5 Å². The molecule has 0 unspecified atom stereocenters. The first-order valence-electron chi connectivity index (χ1n) is 5.65. The van der Waals surface area contributed by atoms with E-state index in [0.717, 1.165) is 6.42 Å². The Morgan fingerprint density at radius 3 is 1.10 bits per heavy atom. The number of hydrogen-bond donors (Lipinski definition) is 3. The molecule has 0 fully saturated rings. The van der Waals surface area contributed by atoms with Gasteiger partial charge in [-0.2, -0.15) is 0 Å². The van der Waals surface area contributed by atoms with Gasteiger partial charge in [-0.1, -0.05) is 33.1 Å². The number of hydrogen-bond acceptors (Lipinski definition) is 3. The van der Waals surface area contributed by atoms with Crippen molar-refractivity contribution in [3.63, 3.8) is 0 Å². The summed E-state index contributed by atoms with van der Waals surface area (Å²) < 4.78 is 0. The molecule has 0 aliphatic heterocycles. The van der Waals surface area contributed by atoms with Crippen molar-refractivity contribution in [1.82, 2.24) is 0 Å². The number of rotatable bonds is 5. The van der Waals surface area contributed by atoms with Crippen LogP contribution in [0.15, 0.2) is 36.5 Å². The first kappa shape index (κ1) is 22.8. The van der Waals surface area contributed by atoms with Crippen LogP contribution in [0, 0.1) is 0 Å². The second kappa shape index (κ2) is 13.1. The molecule has 3 N–H and O–H groups in total. The summed E-state index contributed by atoms with van der Waals surface area (Å²) >= 11 is 0. The Bertz CT molecular complexity index is 344. The zero-order valence-corrected chi connectivity index (χ0v) is 12.1. The third-order valence-corrected chi connectivity index (χ3v) is 1.58. The normalized spacial score (nSPS) is 7.95. The van der Waals surface area contributed by atoms with E-state index in [0.29, 0.717) is 12.0 Å².